The summed E-state index contributed by atoms with van der Waals surface area (Å²) in [7, 11) is 0. The predicted octanol–water partition coefficient (Wildman–Crippen LogP) is 6.36. The van der Waals surface area contributed by atoms with Gasteiger partial charge in [-0.1, -0.05) is 39.8 Å². The fourth-order valence-electron chi connectivity index (χ4n) is 11.4. The highest BCUT2D eigenvalue weighted by molar-refractivity contribution is 5.85. The quantitative estimate of drug-likeness (QED) is 0.455. The number of fused-ring (bicyclic) bond motifs is 7. The Balaban J connectivity index is 1.64. The maximum atomic E-state index is 13.5. The van der Waals surface area contributed by atoms with E-state index in [1.54, 1.807) is 0 Å². The number of hydrogen-bond donors (Lipinski definition) is 2. The molecule has 0 amide bonds. The molecule has 2 N–H and O–H groups in total. The number of ketones is 1. The van der Waals surface area contributed by atoms with E-state index in [0.717, 1.165) is 44.1 Å². The smallest absolute Gasteiger partial charge is 0.310 e. The second kappa shape index (κ2) is 7.44. The lowest BCUT2D eigenvalue weighted by Crippen LogP contribution is -2.69. The van der Waals surface area contributed by atoms with Crippen LogP contribution in [0.25, 0.3) is 0 Å². The SMILES string of the molecule is C=C(C)[C@@H]1CC[C@]2(C(=O)O)CC[C@]3(C(=O)O)[C@H](CC[C@@H]4[C@@]5(C)CCC(=O)C(C)(C)[C@H]5CC[C@]43C)[C@@H]12. The Bertz CT molecular complexity index is 997. The average molecular weight is 485 g/mol. The molecule has 5 heteroatoms. The van der Waals surface area contributed by atoms with E-state index in [1.165, 1.54) is 0 Å². The van der Waals surface area contributed by atoms with Crippen molar-refractivity contribution in [1.29, 1.82) is 0 Å². The van der Waals surface area contributed by atoms with Crippen LogP contribution in [0.4, 0.5) is 0 Å². The zero-order valence-corrected chi connectivity index (χ0v) is 22.3. The van der Waals surface area contributed by atoms with Crippen LogP contribution in [-0.2, 0) is 14.4 Å². The molecule has 5 aliphatic rings. The van der Waals surface area contributed by atoms with E-state index in [2.05, 4.69) is 34.3 Å². The molecule has 194 valence electrons. The fraction of sp³-hybridized carbons (Fsp3) is 0.833. The second-order valence-electron chi connectivity index (χ2n) is 14.2. The van der Waals surface area contributed by atoms with Crippen LogP contribution in [0.1, 0.15) is 98.8 Å². The third-order valence-corrected chi connectivity index (χ3v) is 13.0. The molecule has 0 aromatic carbocycles. The Hall–Kier alpha value is -1.65. The molecular formula is C30H44O5. The Morgan fingerprint density at radius 3 is 2.14 bits per heavy atom. The minimum atomic E-state index is -0.919. The summed E-state index contributed by atoms with van der Waals surface area (Å²) in [5.74, 6) is -0.819. The number of Topliss-reactive ketones (excluding diaryl/α,β-unsaturated/α-hetero) is 1. The van der Waals surface area contributed by atoms with Gasteiger partial charge >= 0.3 is 11.9 Å². The molecule has 5 rings (SSSR count). The molecule has 5 aliphatic carbocycles. The van der Waals surface area contributed by atoms with Crippen LogP contribution in [0.3, 0.4) is 0 Å². The summed E-state index contributed by atoms with van der Waals surface area (Å²) in [6.07, 6.45) is 7.15. The summed E-state index contributed by atoms with van der Waals surface area (Å²) < 4.78 is 0. The van der Waals surface area contributed by atoms with Crippen LogP contribution >= 0.6 is 0 Å². The molecule has 0 bridgehead atoms. The highest BCUT2D eigenvalue weighted by Gasteiger charge is 2.75. The van der Waals surface area contributed by atoms with Gasteiger partial charge in [0.25, 0.3) is 0 Å². The summed E-state index contributed by atoms with van der Waals surface area (Å²) in [5, 5.41) is 21.6. The number of carboxylic acid groups (broad SMARTS) is 2. The van der Waals surface area contributed by atoms with Gasteiger partial charge in [0, 0.05) is 11.8 Å². The second-order valence-corrected chi connectivity index (χ2v) is 14.2. The van der Waals surface area contributed by atoms with Gasteiger partial charge in [-0.15, -0.1) is 0 Å². The first kappa shape index (κ1) is 25.0. The molecule has 0 unspecified atom stereocenters. The van der Waals surface area contributed by atoms with Crippen LogP contribution in [0.15, 0.2) is 12.2 Å². The molecule has 35 heavy (non-hydrogen) atoms. The lowest BCUT2D eigenvalue weighted by atomic mass is 9.32. The van der Waals surface area contributed by atoms with Crippen LogP contribution in [0, 0.1) is 56.7 Å². The van der Waals surface area contributed by atoms with Crippen molar-refractivity contribution in [2.24, 2.45) is 56.7 Å². The Morgan fingerprint density at radius 1 is 0.857 bits per heavy atom. The number of aliphatic carboxylic acids is 2. The summed E-state index contributed by atoms with van der Waals surface area (Å²) in [6.45, 7) is 15.0. The standard InChI is InChI=1S/C30H44O5/c1-17(2)18-9-14-29(24(32)33)15-16-30(25(34)35)19(23(18)29)7-8-21-27(5)12-11-22(31)26(3,4)20(27)10-13-28(21,30)6/h18-21,23H,1,7-16H2,2-6H3,(H,32,33)(H,34,35)/t18-,19+,20+,21+,23+,27-,28+,29-,30+/m0/s1. The monoisotopic (exact) mass is 484 g/mol. The summed E-state index contributed by atoms with van der Waals surface area (Å²) >= 11 is 0. The minimum absolute atomic E-state index is 0.0669. The molecule has 0 saturated heterocycles. The molecule has 5 saturated carbocycles. The third kappa shape index (κ3) is 2.79. The Labute approximate surface area is 210 Å². The molecule has 0 radical (unpaired) electrons. The van der Waals surface area contributed by atoms with Gasteiger partial charge in [0.05, 0.1) is 10.8 Å². The van der Waals surface area contributed by atoms with Crippen molar-refractivity contribution < 1.29 is 24.6 Å². The largest absolute Gasteiger partial charge is 0.481 e. The van der Waals surface area contributed by atoms with Gasteiger partial charge < -0.3 is 10.2 Å². The van der Waals surface area contributed by atoms with Crippen LogP contribution in [-0.4, -0.2) is 27.9 Å². The Kier molecular flexibility index (Phi) is 5.32. The van der Waals surface area contributed by atoms with Crippen LogP contribution in [0.2, 0.25) is 0 Å². The molecule has 0 aliphatic heterocycles. The highest BCUT2D eigenvalue weighted by Crippen LogP contribution is 2.77. The zero-order chi connectivity index (χ0) is 25.8. The van der Waals surface area contributed by atoms with Crippen LogP contribution in [0.5, 0.6) is 0 Å². The first-order valence-electron chi connectivity index (χ1n) is 13.9. The third-order valence-electron chi connectivity index (χ3n) is 13.0. The van der Waals surface area contributed by atoms with Crippen molar-refractivity contribution >= 4 is 17.7 Å². The van der Waals surface area contributed by atoms with Crippen molar-refractivity contribution in [1.82, 2.24) is 0 Å². The number of carboxylic acids is 2. The number of rotatable bonds is 3. The summed E-state index contributed by atoms with van der Waals surface area (Å²) in [4.78, 5) is 39.2. The molecule has 0 aromatic rings. The van der Waals surface area contributed by atoms with E-state index in [-0.39, 0.29) is 40.4 Å². The number of allylic oxidation sites excluding steroid dienone is 1. The number of carbonyl (C=O) groups is 3. The first-order valence-corrected chi connectivity index (χ1v) is 13.9. The molecule has 0 aromatic heterocycles. The maximum absolute atomic E-state index is 13.5. The lowest BCUT2D eigenvalue weighted by Gasteiger charge is -2.71. The van der Waals surface area contributed by atoms with Gasteiger partial charge in [-0.3, -0.25) is 14.4 Å². The topological polar surface area (TPSA) is 91.7 Å². The van der Waals surface area contributed by atoms with Gasteiger partial charge in [0.1, 0.15) is 5.78 Å². The van der Waals surface area contributed by atoms with Crippen LogP contribution < -0.4 is 0 Å². The minimum Gasteiger partial charge on any atom is -0.481 e. The number of hydrogen-bond acceptors (Lipinski definition) is 3. The Morgan fingerprint density at radius 2 is 1.54 bits per heavy atom. The van der Waals surface area contributed by atoms with Crippen molar-refractivity contribution in [3.63, 3.8) is 0 Å². The summed E-state index contributed by atoms with van der Waals surface area (Å²) in [5.41, 5.74) is -1.58. The molecule has 5 fully saturated rings. The first-order chi connectivity index (χ1) is 16.2. The predicted molar refractivity (Wildman–Crippen MR) is 134 cm³/mol. The lowest BCUT2D eigenvalue weighted by molar-refractivity contribution is -0.245. The molecule has 5 nitrogen and oxygen atoms in total. The van der Waals surface area contributed by atoms with Crippen molar-refractivity contribution in [2.45, 2.75) is 98.8 Å². The van der Waals surface area contributed by atoms with Gasteiger partial charge in [0.2, 0.25) is 0 Å². The van der Waals surface area contributed by atoms with Gasteiger partial charge in [0.15, 0.2) is 0 Å². The maximum Gasteiger partial charge on any atom is 0.310 e. The fourth-order valence-corrected chi connectivity index (χ4v) is 11.4. The highest BCUT2D eigenvalue weighted by atomic mass is 16.4. The van der Waals surface area contributed by atoms with E-state index >= 15 is 0 Å². The normalized spacial score (nSPS) is 50.3. The van der Waals surface area contributed by atoms with Gasteiger partial charge in [-0.2, -0.15) is 0 Å². The average Bonchev–Trinajstić information content (AvgIpc) is 3.18. The van der Waals surface area contributed by atoms with Gasteiger partial charge in [-0.05, 0) is 105 Å². The van der Waals surface area contributed by atoms with Crippen molar-refractivity contribution in [3.05, 3.63) is 12.2 Å². The number of carbonyl (C=O) groups excluding carboxylic acids is 1. The molecule has 0 heterocycles. The molecule has 9 atom stereocenters. The van der Waals surface area contributed by atoms with Crippen molar-refractivity contribution in [2.75, 3.05) is 0 Å². The van der Waals surface area contributed by atoms with Crippen molar-refractivity contribution in [3.8, 4) is 0 Å². The van der Waals surface area contributed by atoms with Gasteiger partial charge in [-0.25, -0.2) is 0 Å². The molecule has 0 spiro atoms. The van der Waals surface area contributed by atoms with E-state index in [4.69, 9.17) is 0 Å². The van der Waals surface area contributed by atoms with E-state index in [0.29, 0.717) is 31.5 Å². The van der Waals surface area contributed by atoms with E-state index in [1.807, 2.05) is 6.92 Å². The summed E-state index contributed by atoms with van der Waals surface area (Å²) in [6, 6.07) is 0. The molecular weight excluding hydrogens is 440 g/mol. The van der Waals surface area contributed by atoms with E-state index < -0.39 is 28.2 Å². The van der Waals surface area contributed by atoms with E-state index in [9.17, 15) is 24.6 Å². The zero-order valence-electron chi connectivity index (χ0n) is 22.3.